The SMILES string of the molecule is O=C(NCc1cn2cc(Br)ccc2n1)c1ccc(=O)[nH]c1. The highest BCUT2D eigenvalue weighted by atomic mass is 79.9. The van der Waals surface area contributed by atoms with Crippen molar-refractivity contribution < 1.29 is 4.79 Å². The van der Waals surface area contributed by atoms with Crippen LogP contribution in [-0.2, 0) is 6.54 Å². The molecule has 0 aromatic carbocycles. The Hall–Kier alpha value is -2.41. The molecule has 21 heavy (non-hydrogen) atoms. The van der Waals surface area contributed by atoms with Gasteiger partial charge >= 0.3 is 0 Å². The van der Waals surface area contributed by atoms with Gasteiger partial charge in [-0.15, -0.1) is 0 Å². The Labute approximate surface area is 128 Å². The van der Waals surface area contributed by atoms with Crippen molar-refractivity contribution in [3.8, 4) is 0 Å². The molecule has 0 bridgehead atoms. The molecule has 0 radical (unpaired) electrons. The summed E-state index contributed by atoms with van der Waals surface area (Å²) in [6, 6.07) is 6.59. The Morgan fingerprint density at radius 2 is 2.14 bits per heavy atom. The quantitative estimate of drug-likeness (QED) is 0.757. The van der Waals surface area contributed by atoms with Gasteiger partial charge in [0.2, 0.25) is 5.56 Å². The highest BCUT2D eigenvalue weighted by Crippen LogP contribution is 2.12. The predicted molar refractivity (Wildman–Crippen MR) is 81.1 cm³/mol. The first-order valence-corrected chi connectivity index (χ1v) is 7.01. The van der Waals surface area contributed by atoms with Gasteiger partial charge in [-0.05, 0) is 34.1 Å². The van der Waals surface area contributed by atoms with Crippen molar-refractivity contribution in [1.82, 2.24) is 19.7 Å². The number of amides is 1. The molecule has 1 amide bonds. The number of nitrogens with zero attached hydrogens (tertiary/aromatic N) is 2. The number of aromatic amines is 1. The predicted octanol–water partition coefficient (Wildman–Crippen LogP) is 1.72. The van der Waals surface area contributed by atoms with Crippen LogP contribution in [0.4, 0.5) is 0 Å². The zero-order chi connectivity index (χ0) is 14.8. The topological polar surface area (TPSA) is 79.3 Å². The van der Waals surface area contributed by atoms with Crippen molar-refractivity contribution in [1.29, 1.82) is 0 Å². The summed E-state index contributed by atoms with van der Waals surface area (Å²) in [6.45, 7) is 0.317. The summed E-state index contributed by atoms with van der Waals surface area (Å²) < 4.78 is 2.84. The molecule has 2 N–H and O–H groups in total. The summed E-state index contributed by atoms with van der Waals surface area (Å²) in [4.78, 5) is 29.7. The number of aromatic nitrogens is 3. The van der Waals surface area contributed by atoms with Crippen molar-refractivity contribution in [3.05, 3.63) is 68.9 Å². The largest absolute Gasteiger partial charge is 0.346 e. The van der Waals surface area contributed by atoms with Crippen LogP contribution in [0.1, 0.15) is 16.1 Å². The van der Waals surface area contributed by atoms with Crippen LogP contribution in [0, 0.1) is 0 Å². The van der Waals surface area contributed by atoms with Gasteiger partial charge in [0.15, 0.2) is 0 Å². The molecule has 0 fully saturated rings. The molecule has 0 atom stereocenters. The van der Waals surface area contributed by atoms with Crippen LogP contribution in [0.15, 0.2) is 52.1 Å². The summed E-state index contributed by atoms with van der Waals surface area (Å²) in [7, 11) is 0. The number of hydrogen-bond acceptors (Lipinski definition) is 3. The molecule has 3 aromatic rings. The number of imidazole rings is 1. The smallest absolute Gasteiger partial charge is 0.253 e. The van der Waals surface area contributed by atoms with Crippen LogP contribution in [0.2, 0.25) is 0 Å². The molecule has 0 aliphatic rings. The lowest BCUT2D eigenvalue weighted by Crippen LogP contribution is -2.23. The molecule has 0 spiro atoms. The first-order valence-electron chi connectivity index (χ1n) is 6.22. The summed E-state index contributed by atoms with van der Waals surface area (Å²) in [5.74, 6) is -0.260. The molecule has 0 saturated carbocycles. The van der Waals surface area contributed by atoms with Crippen LogP contribution in [0.3, 0.4) is 0 Å². The van der Waals surface area contributed by atoms with E-state index in [4.69, 9.17) is 0 Å². The minimum atomic E-state index is -0.260. The Balaban J connectivity index is 1.72. The van der Waals surface area contributed by atoms with Crippen molar-refractivity contribution >= 4 is 27.5 Å². The van der Waals surface area contributed by atoms with E-state index >= 15 is 0 Å². The van der Waals surface area contributed by atoms with Crippen LogP contribution in [0.5, 0.6) is 0 Å². The van der Waals surface area contributed by atoms with Crippen molar-refractivity contribution in [2.45, 2.75) is 6.54 Å². The molecule has 0 aliphatic heterocycles. The first-order chi connectivity index (χ1) is 10.1. The number of fused-ring (bicyclic) bond motifs is 1. The second-order valence-corrected chi connectivity index (χ2v) is 5.38. The van der Waals surface area contributed by atoms with Crippen molar-refractivity contribution in [2.24, 2.45) is 0 Å². The standard InChI is InChI=1S/C14H11BrN4O2/c15-10-2-3-12-18-11(8-19(12)7-10)6-17-14(21)9-1-4-13(20)16-5-9/h1-5,7-8H,6H2,(H,16,20)(H,17,21). The normalized spacial score (nSPS) is 10.7. The third-order valence-corrected chi connectivity index (χ3v) is 3.41. The molecule has 0 saturated heterocycles. The Bertz CT molecular complexity index is 848. The van der Waals surface area contributed by atoms with E-state index < -0.39 is 0 Å². The van der Waals surface area contributed by atoms with Crippen LogP contribution < -0.4 is 10.9 Å². The first kappa shape index (κ1) is 13.6. The summed E-state index contributed by atoms with van der Waals surface area (Å²) in [5, 5.41) is 2.76. The Morgan fingerprint density at radius 3 is 2.90 bits per heavy atom. The van der Waals surface area contributed by atoms with Crippen LogP contribution in [0.25, 0.3) is 5.65 Å². The number of pyridine rings is 2. The van der Waals surface area contributed by atoms with Gasteiger partial charge in [-0.3, -0.25) is 9.59 Å². The van der Waals surface area contributed by atoms with E-state index in [1.54, 1.807) is 0 Å². The van der Waals surface area contributed by atoms with Crippen LogP contribution >= 0.6 is 15.9 Å². The molecular formula is C14H11BrN4O2. The third-order valence-electron chi connectivity index (χ3n) is 2.94. The van der Waals surface area contributed by atoms with E-state index in [-0.39, 0.29) is 11.5 Å². The van der Waals surface area contributed by atoms with Gasteiger partial charge < -0.3 is 14.7 Å². The minimum Gasteiger partial charge on any atom is -0.346 e. The number of hydrogen-bond donors (Lipinski definition) is 2. The third kappa shape index (κ3) is 3.03. The fraction of sp³-hybridized carbons (Fsp3) is 0.0714. The number of halogens is 1. The van der Waals surface area contributed by atoms with Crippen molar-refractivity contribution in [3.63, 3.8) is 0 Å². The molecule has 6 nitrogen and oxygen atoms in total. The van der Waals surface area contributed by atoms with E-state index in [1.807, 2.05) is 28.9 Å². The van der Waals surface area contributed by atoms with Crippen molar-refractivity contribution in [2.75, 3.05) is 0 Å². The average molecular weight is 347 g/mol. The maximum atomic E-state index is 11.9. The molecule has 3 rings (SSSR count). The number of rotatable bonds is 3. The fourth-order valence-electron chi connectivity index (χ4n) is 1.93. The molecule has 3 aromatic heterocycles. The maximum absolute atomic E-state index is 11.9. The maximum Gasteiger partial charge on any atom is 0.253 e. The lowest BCUT2D eigenvalue weighted by molar-refractivity contribution is 0.0950. The van der Waals surface area contributed by atoms with Gasteiger partial charge in [0, 0.05) is 29.1 Å². The molecule has 106 valence electrons. The van der Waals surface area contributed by atoms with E-state index in [2.05, 4.69) is 31.2 Å². The fourth-order valence-corrected chi connectivity index (χ4v) is 2.28. The van der Waals surface area contributed by atoms with E-state index in [1.165, 1.54) is 18.3 Å². The number of carbonyl (C=O) groups is 1. The Morgan fingerprint density at radius 1 is 1.29 bits per heavy atom. The zero-order valence-corrected chi connectivity index (χ0v) is 12.4. The summed E-state index contributed by atoms with van der Waals surface area (Å²) >= 11 is 3.39. The zero-order valence-electron chi connectivity index (χ0n) is 10.8. The number of nitrogens with one attached hydrogen (secondary N) is 2. The van der Waals surface area contributed by atoms with E-state index in [0.717, 1.165) is 15.8 Å². The second kappa shape index (κ2) is 5.53. The number of H-pyrrole nitrogens is 1. The van der Waals surface area contributed by atoms with Gasteiger partial charge in [-0.2, -0.15) is 0 Å². The molecule has 0 aliphatic carbocycles. The lowest BCUT2D eigenvalue weighted by atomic mass is 10.2. The Kier molecular flexibility index (Phi) is 3.57. The summed E-state index contributed by atoms with van der Waals surface area (Å²) in [5.41, 5.74) is 1.73. The summed E-state index contributed by atoms with van der Waals surface area (Å²) in [6.07, 6.45) is 5.14. The molecular weight excluding hydrogens is 336 g/mol. The molecule has 0 unspecified atom stereocenters. The van der Waals surface area contributed by atoms with Gasteiger partial charge in [-0.25, -0.2) is 4.98 Å². The van der Waals surface area contributed by atoms with Gasteiger partial charge in [0.05, 0.1) is 17.8 Å². The highest BCUT2D eigenvalue weighted by Gasteiger charge is 2.07. The molecule has 7 heteroatoms. The van der Waals surface area contributed by atoms with Gasteiger partial charge in [0.1, 0.15) is 5.65 Å². The highest BCUT2D eigenvalue weighted by molar-refractivity contribution is 9.10. The minimum absolute atomic E-state index is 0.238. The lowest BCUT2D eigenvalue weighted by Gasteiger charge is -2.02. The van der Waals surface area contributed by atoms with E-state index in [9.17, 15) is 9.59 Å². The number of carbonyl (C=O) groups excluding carboxylic acids is 1. The van der Waals surface area contributed by atoms with Crippen LogP contribution in [-0.4, -0.2) is 20.3 Å². The van der Waals surface area contributed by atoms with E-state index in [0.29, 0.717) is 12.1 Å². The van der Waals surface area contributed by atoms with Gasteiger partial charge in [-0.1, -0.05) is 0 Å². The molecule has 3 heterocycles. The average Bonchev–Trinajstić information content (AvgIpc) is 2.87. The monoisotopic (exact) mass is 346 g/mol. The van der Waals surface area contributed by atoms with Gasteiger partial charge in [0.25, 0.3) is 5.91 Å². The second-order valence-electron chi connectivity index (χ2n) is 4.47.